The van der Waals surface area contributed by atoms with Crippen molar-refractivity contribution in [2.24, 2.45) is 0 Å². The minimum absolute atomic E-state index is 0.179. The van der Waals surface area contributed by atoms with Gasteiger partial charge in [0, 0.05) is 5.56 Å². The van der Waals surface area contributed by atoms with Gasteiger partial charge >= 0.3 is 5.92 Å². The maximum atomic E-state index is 13.2. The molecule has 1 aromatic carbocycles. The molecule has 0 atom stereocenters. The third-order valence-electron chi connectivity index (χ3n) is 2.21. The Hall–Kier alpha value is -1.83. The molecule has 0 N–H and O–H groups in total. The Morgan fingerprint density at radius 3 is 2.12 bits per heavy atom. The van der Waals surface area contributed by atoms with E-state index in [1.807, 2.05) is 0 Å². The summed E-state index contributed by atoms with van der Waals surface area (Å²) in [6.07, 6.45) is 0. The molecule has 0 aromatic heterocycles. The van der Waals surface area contributed by atoms with Crippen LogP contribution in [0, 0.1) is 18.3 Å². The van der Waals surface area contributed by atoms with Gasteiger partial charge in [0.2, 0.25) is 0 Å². The summed E-state index contributed by atoms with van der Waals surface area (Å²) in [5, 5.41) is 8.39. The second kappa shape index (κ2) is 4.35. The summed E-state index contributed by atoms with van der Waals surface area (Å²) in [6.45, 7) is 1.49. The lowest BCUT2D eigenvalue weighted by atomic mass is 10.0. The summed E-state index contributed by atoms with van der Waals surface area (Å²) in [6, 6.07) is 3.50. The molecule has 0 saturated heterocycles. The van der Waals surface area contributed by atoms with E-state index >= 15 is 0 Å². The van der Waals surface area contributed by atoms with Gasteiger partial charge in [0.1, 0.15) is 6.07 Å². The molecule has 0 aliphatic heterocycles. The maximum Gasteiger partial charge on any atom is 0.357 e. The van der Waals surface area contributed by atoms with Crippen LogP contribution in [0.3, 0.4) is 0 Å². The van der Waals surface area contributed by atoms with Crippen molar-refractivity contribution in [3.8, 4) is 17.6 Å². The molecule has 0 saturated carbocycles. The van der Waals surface area contributed by atoms with Crippen molar-refractivity contribution in [2.45, 2.75) is 12.8 Å². The average Bonchev–Trinajstić information content (AvgIpc) is 2.28. The molecule has 0 bridgehead atoms. The van der Waals surface area contributed by atoms with Crippen LogP contribution in [0.2, 0.25) is 0 Å². The first-order valence-electron chi connectivity index (χ1n) is 4.48. The summed E-state index contributed by atoms with van der Waals surface area (Å²) in [7, 11) is 2.76. The lowest BCUT2D eigenvalue weighted by molar-refractivity contribution is 0.0602. The molecule has 0 heterocycles. The smallest absolute Gasteiger partial charge is 0.357 e. The fraction of sp³-hybridized carbons (Fsp3) is 0.364. The first-order valence-corrected chi connectivity index (χ1v) is 4.48. The molecule has 0 fully saturated rings. The van der Waals surface area contributed by atoms with Gasteiger partial charge in [0.25, 0.3) is 0 Å². The molecule has 0 aliphatic carbocycles. The number of benzene rings is 1. The molecule has 86 valence electrons. The number of hydrogen-bond acceptors (Lipinski definition) is 3. The molecule has 0 radical (unpaired) electrons. The zero-order chi connectivity index (χ0) is 12.3. The minimum Gasteiger partial charge on any atom is -0.493 e. The number of nitrogens with zero attached hydrogens (tertiary/aromatic N) is 1. The topological polar surface area (TPSA) is 42.2 Å². The summed E-state index contributed by atoms with van der Waals surface area (Å²) in [5.74, 6) is -2.99. The number of hydrogen-bond donors (Lipinski definition) is 0. The van der Waals surface area contributed by atoms with Crippen LogP contribution in [0.15, 0.2) is 12.1 Å². The van der Waals surface area contributed by atoms with Crippen molar-refractivity contribution in [3.05, 3.63) is 23.3 Å². The zero-order valence-electron chi connectivity index (χ0n) is 9.17. The Bertz CT molecular complexity index is 438. The first-order chi connectivity index (χ1) is 7.46. The quantitative estimate of drug-likeness (QED) is 0.797. The first kappa shape index (κ1) is 12.2. The van der Waals surface area contributed by atoms with Crippen LogP contribution in [-0.2, 0) is 5.92 Å². The highest BCUT2D eigenvalue weighted by Crippen LogP contribution is 2.37. The molecule has 0 aliphatic rings. The minimum atomic E-state index is -3.52. The van der Waals surface area contributed by atoms with Crippen molar-refractivity contribution in [1.29, 1.82) is 5.26 Å². The molecule has 5 heteroatoms. The maximum absolute atomic E-state index is 13.2. The van der Waals surface area contributed by atoms with Gasteiger partial charge < -0.3 is 9.47 Å². The highest BCUT2D eigenvalue weighted by Gasteiger charge is 2.34. The Balaban J connectivity index is 3.39. The number of methoxy groups -OCH3 is 2. The van der Waals surface area contributed by atoms with Crippen LogP contribution in [0.5, 0.6) is 11.5 Å². The van der Waals surface area contributed by atoms with E-state index in [4.69, 9.17) is 14.7 Å². The van der Waals surface area contributed by atoms with E-state index in [-0.39, 0.29) is 16.9 Å². The van der Waals surface area contributed by atoms with E-state index < -0.39 is 5.92 Å². The van der Waals surface area contributed by atoms with Crippen LogP contribution < -0.4 is 9.47 Å². The highest BCUT2D eigenvalue weighted by molar-refractivity contribution is 5.49. The van der Waals surface area contributed by atoms with Crippen molar-refractivity contribution >= 4 is 0 Å². The Morgan fingerprint density at radius 1 is 1.19 bits per heavy atom. The van der Waals surface area contributed by atoms with Gasteiger partial charge in [-0.25, -0.2) is 0 Å². The van der Waals surface area contributed by atoms with E-state index in [0.717, 1.165) is 12.1 Å². The second-order valence-electron chi connectivity index (χ2n) is 3.21. The number of rotatable bonds is 3. The van der Waals surface area contributed by atoms with Gasteiger partial charge in [-0.3, -0.25) is 0 Å². The lowest BCUT2D eigenvalue weighted by Crippen LogP contribution is -2.12. The summed E-state index contributed by atoms with van der Waals surface area (Å²) in [4.78, 5) is 0. The average molecular weight is 227 g/mol. The van der Waals surface area contributed by atoms with Crippen LogP contribution in [0.1, 0.15) is 11.1 Å². The molecular formula is C11H11F2NO2. The third-order valence-corrected chi connectivity index (χ3v) is 2.21. The monoisotopic (exact) mass is 227 g/mol. The predicted octanol–water partition coefficient (Wildman–Crippen LogP) is 2.63. The number of ether oxygens (including phenoxy) is 2. The number of alkyl halides is 2. The SMILES string of the molecule is COc1cc(C)c(C(F)(F)C#N)cc1OC. The molecule has 0 amide bonds. The Morgan fingerprint density at radius 2 is 1.69 bits per heavy atom. The number of nitriles is 1. The zero-order valence-corrected chi connectivity index (χ0v) is 9.17. The Kier molecular flexibility index (Phi) is 3.33. The summed E-state index contributed by atoms with van der Waals surface area (Å²) >= 11 is 0. The van der Waals surface area contributed by atoms with Gasteiger partial charge in [0.05, 0.1) is 14.2 Å². The Labute approximate surface area is 92.2 Å². The molecule has 1 rings (SSSR count). The van der Waals surface area contributed by atoms with Crippen molar-refractivity contribution in [1.82, 2.24) is 0 Å². The largest absolute Gasteiger partial charge is 0.493 e. The highest BCUT2D eigenvalue weighted by atomic mass is 19.3. The normalized spacial score (nSPS) is 10.8. The van der Waals surface area contributed by atoms with Crippen LogP contribution in [0.4, 0.5) is 8.78 Å². The van der Waals surface area contributed by atoms with Crippen LogP contribution in [0.25, 0.3) is 0 Å². The van der Waals surface area contributed by atoms with Gasteiger partial charge in [0.15, 0.2) is 11.5 Å². The van der Waals surface area contributed by atoms with E-state index in [2.05, 4.69) is 0 Å². The fourth-order valence-corrected chi connectivity index (χ4v) is 1.38. The standard InChI is InChI=1S/C11H11F2NO2/c1-7-4-9(15-2)10(16-3)5-8(7)11(12,13)6-14/h4-5H,1-3H3. The summed E-state index contributed by atoms with van der Waals surface area (Å²) < 4.78 is 36.4. The molecule has 0 spiro atoms. The van der Waals surface area contributed by atoms with Crippen molar-refractivity contribution < 1.29 is 18.3 Å². The van der Waals surface area contributed by atoms with Gasteiger partial charge in [-0.1, -0.05) is 0 Å². The second-order valence-corrected chi connectivity index (χ2v) is 3.21. The molecule has 1 aromatic rings. The fourth-order valence-electron chi connectivity index (χ4n) is 1.38. The van der Waals surface area contributed by atoms with Crippen LogP contribution in [-0.4, -0.2) is 14.2 Å². The van der Waals surface area contributed by atoms with Crippen molar-refractivity contribution in [3.63, 3.8) is 0 Å². The van der Waals surface area contributed by atoms with Crippen molar-refractivity contribution in [2.75, 3.05) is 14.2 Å². The van der Waals surface area contributed by atoms with Gasteiger partial charge in [-0.2, -0.15) is 14.0 Å². The van der Waals surface area contributed by atoms with E-state index in [9.17, 15) is 8.78 Å². The van der Waals surface area contributed by atoms with Crippen LogP contribution >= 0.6 is 0 Å². The molecule has 16 heavy (non-hydrogen) atoms. The number of aryl methyl sites for hydroxylation is 1. The molecule has 0 unspecified atom stereocenters. The van der Waals surface area contributed by atoms with E-state index in [1.165, 1.54) is 27.2 Å². The van der Waals surface area contributed by atoms with Gasteiger partial charge in [-0.05, 0) is 24.6 Å². The molecular weight excluding hydrogens is 216 g/mol. The predicted molar refractivity (Wildman–Crippen MR) is 53.8 cm³/mol. The third kappa shape index (κ3) is 2.06. The number of halogens is 2. The molecule has 3 nitrogen and oxygen atoms in total. The van der Waals surface area contributed by atoms with E-state index in [0.29, 0.717) is 5.75 Å². The lowest BCUT2D eigenvalue weighted by Gasteiger charge is -2.15. The summed E-state index contributed by atoms with van der Waals surface area (Å²) in [5.41, 5.74) is -0.0862. The van der Waals surface area contributed by atoms with Gasteiger partial charge in [-0.15, -0.1) is 0 Å². The van der Waals surface area contributed by atoms with E-state index in [1.54, 1.807) is 0 Å².